The average molecular weight is 462 g/mol. The molecule has 1 aliphatic heterocycles. The molecule has 0 fully saturated rings. The van der Waals surface area contributed by atoms with Crippen molar-refractivity contribution in [2.24, 2.45) is 5.41 Å². The van der Waals surface area contributed by atoms with Crippen LogP contribution in [0.2, 0.25) is 0 Å². The highest BCUT2D eigenvalue weighted by Gasteiger charge is 2.38. The van der Waals surface area contributed by atoms with E-state index in [-0.39, 0.29) is 23.6 Å². The third-order valence-electron chi connectivity index (χ3n) is 4.92. The van der Waals surface area contributed by atoms with Crippen LogP contribution in [0.5, 0.6) is 5.75 Å². The van der Waals surface area contributed by atoms with Crippen molar-refractivity contribution in [3.8, 4) is 5.75 Å². The Hall–Kier alpha value is -2.47. The highest BCUT2D eigenvalue weighted by atomic mass is 32.1. The van der Waals surface area contributed by atoms with Gasteiger partial charge in [-0.3, -0.25) is 9.78 Å². The Morgan fingerprint density at radius 1 is 1.41 bits per heavy atom. The number of aryl methyl sites for hydroxylation is 1. The molecule has 0 bridgehead atoms. The molecule has 3 rings (SSSR count). The maximum Gasteiger partial charge on any atom is 0.547 e. The van der Waals surface area contributed by atoms with E-state index in [2.05, 4.69) is 10.3 Å². The third-order valence-corrected chi connectivity index (χ3v) is 5.76. The first-order chi connectivity index (χ1) is 15.1. The minimum atomic E-state index is -1.32. The van der Waals surface area contributed by atoms with Crippen molar-refractivity contribution >= 4 is 30.3 Å². The number of esters is 1. The van der Waals surface area contributed by atoms with E-state index in [0.717, 1.165) is 4.88 Å². The van der Waals surface area contributed by atoms with Gasteiger partial charge in [0.05, 0.1) is 11.5 Å². The van der Waals surface area contributed by atoms with E-state index < -0.39 is 37.5 Å². The molecular formula is C21H27BN2O7S. The van der Waals surface area contributed by atoms with Gasteiger partial charge in [-0.15, -0.1) is 11.3 Å². The van der Waals surface area contributed by atoms with Crippen molar-refractivity contribution in [3.63, 3.8) is 0 Å². The first kappa shape index (κ1) is 24.2. The molecule has 2 atom stereocenters. The van der Waals surface area contributed by atoms with Crippen molar-refractivity contribution < 1.29 is 33.8 Å². The van der Waals surface area contributed by atoms with Crippen LogP contribution in [-0.4, -0.2) is 53.1 Å². The number of hydrogen-bond acceptors (Lipinski definition) is 9. The highest BCUT2D eigenvalue weighted by Crippen LogP contribution is 2.31. The molecule has 172 valence electrons. The Bertz CT molecular complexity index is 933. The number of aliphatic hydroxyl groups excluding tert-OH is 1. The summed E-state index contributed by atoms with van der Waals surface area (Å²) in [5, 5.41) is 23.1. The molecule has 1 amide bonds. The van der Waals surface area contributed by atoms with Crippen molar-refractivity contribution in [1.82, 2.24) is 10.3 Å². The maximum absolute atomic E-state index is 12.5. The summed E-state index contributed by atoms with van der Waals surface area (Å²) in [4.78, 5) is 29.8. The lowest BCUT2D eigenvalue weighted by molar-refractivity contribution is -0.197. The second-order valence-corrected chi connectivity index (χ2v) is 9.55. The molecule has 2 aromatic rings. The average Bonchev–Trinajstić information content (AvgIpc) is 3.25. The zero-order valence-electron chi connectivity index (χ0n) is 18.2. The van der Waals surface area contributed by atoms with E-state index in [1.165, 1.54) is 17.4 Å². The first-order valence-electron chi connectivity index (χ1n) is 10.3. The summed E-state index contributed by atoms with van der Waals surface area (Å²) in [6.45, 7) is 4.94. The molecule has 9 nitrogen and oxygen atoms in total. The molecule has 1 aromatic heterocycles. The molecule has 32 heavy (non-hydrogen) atoms. The Morgan fingerprint density at radius 2 is 2.19 bits per heavy atom. The topological polar surface area (TPSA) is 127 Å². The monoisotopic (exact) mass is 462 g/mol. The van der Waals surface area contributed by atoms with Crippen molar-refractivity contribution in [1.29, 1.82) is 0 Å². The predicted molar refractivity (Wildman–Crippen MR) is 118 cm³/mol. The summed E-state index contributed by atoms with van der Waals surface area (Å²) >= 11 is 1.48. The lowest BCUT2D eigenvalue weighted by atomic mass is 9.72. The quantitative estimate of drug-likeness (QED) is 0.308. The normalized spacial score (nSPS) is 16.7. The van der Waals surface area contributed by atoms with Crippen molar-refractivity contribution in [3.05, 3.63) is 45.9 Å². The summed E-state index contributed by atoms with van der Waals surface area (Å²) in [5.74, 6) is -1.36. The lowest BCUT2D eigenvalue weighted by Gasteiger charge is -2.29. The molecule has 11 heteroatoms. The second kappa shape index (κ2) is 10.4. The molecule has 0 spiro atoms. The van der Waals surface area contributed by atoms with E-state index in [1.807, 2.05) is 0 Å². The minimum absolute atomic E-state index is 0.130. The number of rotatable bonds is 8. The third kappa shape index (κ3) is 6.29. The number of carbonyl (C=O) groups excluding carboxylic acids is 2. The van der Waals surface area contributed by atoms with Gasteiger partial charge in [-0.1, -0.05) is 32.9 Å². The summed E-state index contributed by atoms with van der Waals surface area (Å²) in [6, 6.07) is 4.94. The number of fused-ring (bicyclic) bond motifs is 1. The standard InChI is InChI=1S/C21H27BN2O7S/c1-21(2,3)20(27)30-12-29-19(26)15-6-4-5-13-9-16(22(28)31-18(13)15)24-17(25)8-7-14-10-23-11-32-14/h4-6,10-11,16,20,27-28H,7-9,12H2,1-3H3,(H,24,25)/t16-,20?/m0/s1. The van der Waals surface area contributed by atoms with E-state index in [0.29, 0.717) is 18.4 Å². The lowest BCUT2D eigenvalue weighted by Crippen LogP contribution is -2.53. The number of amides is 1. The number of thiazole rings is 1. The van der Waals surface area contributed by atoms with Crippen molar-refractivity contribution in [2.75, 3.05) is 6.79 Å². The summed E-state index contributed by atoms with van der Waals surface area (Å²) < 4.78 is 15.8. The van der Waals surface area contributed by atoms with Gasteiger partial charge in [-0.2, -0.15) is 0 Å². The Morgan fingerprint density at radius 3 is 2.88 bits per heavy atom. The van der Waals surface area contributed by atoms with Crippen LogP contribution in [-0.2, 0) is 27.1 Å². The number of nitrogens with zero attached hydrogens (tertiary/aromatic N) is 1. The zero-order valence-corrected chi connectivity index (χ0v) is 19.1. The molecule has 0 saturated carbocycles. The van der Waals surface area contributed by atoms with Gasteiger partial charge in [0.25, 0.3) is 0 Å². The van der Waals surface area contributed by atoms with Gasteiger partial charge in [-0.25, -0.2) is 4.79 Å². The molecule has 1 unspecified atom stereocenters. The van der Waals surface area contributed by atoms with Crippen LogP contribution in [0.15, 0.2) is 29.9 Å². The number of ether oxygens (including phenoxy) is 2. The number of nitrogens with one attached hydrogen (secondary N) is 1. The number of aliphatic hydroxyl groups is 1. The second-order valence-electron chi connectivity index (χ2n) is 8.58. The van der Waals surface area contributed by atoms with E-state index >= 15 is 0 Å². The van der Waals surface area contributed by atoms with Crippen LogP contribution in [0.4, 0.5) is 0 Å². The Kier molecular flexibility index (Phi) is 7.89. The summed E-state index contributed by atoms with van der Waals surface area (Å²) in [7, 11) is -1.32. The van der Waals surface area contributed by atoms with Crippen LogP contribution < -0.4 is 9.97 Å². The fourth-order valence-electron chi connectivity index (χ4n) is 3.07. The summed E-state index contributed by atoms with van der Waals surface area (Å²) in [5.41, 5.74) is 1.98. The molecule has 1 aliphatic rings. The van der Waals surface area contributed by atoms with E-state index in [1.54, 1.807) is 44.6 Å². The smallest absolute Gasteiger partial charge is 0.534 e. The van der Waals surface area contributed by atoms with E-state index in [9.17, 15) is 19.7 Å². The van der Waals surface area contributed by atoms with Gasteiger partial charge in [-0.05, 0) is 24.5 Å². The molecule has 3 N–H and O–H groups in total. The van der Waals surface area contributed by atoms with Crippen LogP contribution in [0, 0.1) is 5.41 Å². The van der Waals surface area contributed by atoms with Gasteiger partial charge in [0, 0.05) is 22.9 Å². The zero-order chi connectivity index (χ0) is 23.3. The van der Waals surface area contributed by atoms with Gasteiger partial charge in [0.1, 0.15) is 11.3 Å². The number of hydrogen-bond donors (Lipinski definition) is 3. The van der Waals surface area contributed by atoms with Crippen LogP contribution in [0.3, 0.4) is 0 Å². The van der Waals surface area contributed by atoms with Gasteiger partial charge in [0.2, 0.25) is 5.91 Å². The molecular weight excluding hydrogens is 435 g/mol. The number of para-hydroxylation sites is 1. The predicted octanol–water partition coefficient (Wildman–Crippen LogP) is 1.71. The summed E-state index contributed by atoms with van der Waals surface area (Å²) in [6.07, 6.45) is 1.76. The molecule has 0 aliphatic carbocycles. The largest absolute Gasteiger partial charge is 0.547 e. The minimum Gasteiger partial charge on any atom is -0.534 e. The molecule has 1 aromatic carbocycles. The van der Waals surface area contributed by atoms with Crippen LogP contribution >= 0.6 is 11.3 Å². The SMILES string of the molecule is CC(C)(C)C(O)OCOC(=O)c1cccc2c1OB(O)[C@@H](NC(=O)CCc1cncs1)C2. The Balaban J connectivity index is 1.58. The first-order valence-corrected chi connectivity index (χ1v) is 11.1. The van der Waals surface area contributed by atoms with E-state index in [4.69, 9.17) is 14.1 Å². The van der Waals surface area contributed by atoms with Gasteiger partial charge >= 0.3 is 13.1 Å². The molecule has 0 saturated heterocycles. The number of carbonyl (C=O) groups is 2. The fourth-order valence-corrected chi connectivity index (χ4v) is 3.67. The van der Waals surface area contributed by atoms with Crippen molar-refractivity contribution in [2.45, 2.75) is 52.3 Å². The fraction of sp³-hybridized carbons (Fsp3) is 0.476. The van der Waals surface area contributed by atoms with Gasteiger partial charge < -0.3 is 29.6 Å². The maximum atomic E-state index is 12.5. The molecule has 0 radical (unpaired) electrons. The highest BCUT2D eigenvalue weighted by molar-refractivity contribution is 7.09. The van der Waals surface area contributed by atoms with Crippen LogP contribution in [0.1, 0.15) is 48.0 Å². The van der Waals surface area contributed by atoms with Gasteiger partial charge in [0.15, 0.2) is 13.1 Å². The Labute approximate surface area is 190 Å². The number of benzene rings is 1. The molecule has 2 heterocycles. The number of aromatic nitrogens is 1. The van der Waals surface area contributed by atoms with Crippen LogP contribution in [0.25, 0.3) is 0 Å².